The Balaban J connectivity index is 1.38. The second-order valence-corrected chi connectivity index (χ2v) is 6.96. The molecule has 0 aliphatic heterocycles. The third-order valence-corrected chi connectivity index (χ3v) is 4.59. The lowest BCUT2D eigenvalue weighted by Gasteiger charge is -2.10. The number of nitrogens with zero attached hydrogens (tertiary/aromatic N) is 3. The first-order valence-electron chi connectivity index (χ1n) is 9.99. The van der Waals surface area contributed by atoms with Crippen molar-refractivity contribution in [2.24, 2.45) is 0 Å². The smallest absolute Gasteiger partial charge is 0.255 e. The number of pyridine rings is 2. The van der Waals surface area contributed by atoms with E-state index in [0.29, 0.717) is 34.9 Å². The highest BCUT2D eigenvalue weighted by Gasteiger charge is 2.09. The number of benzene rings is 2. The summed E-state index contributed by atoms with van der Waals surface area (Å²) >= 11 is 0. The standard InChI is InChI=1S/C25H18FN5O2/c26-20-7-2-8-22(13-20)33-23-10-9-21(16-29-23)31-25(32)18-5-1-4-17(12-18)15-30-24-19(14-27)6-3-11-28-24/h1-13,16H,15H2,(H,28,30)(H,31,32). The molecule has 2 aromatic carbocycles. The van der Waals surface area contributed by atoms with Crippen LogP contribution in [0.15, 0.2) is 85.2 Å². The van der Waals surface area contributed by atoms with Crippen LogP contribution in [-0.2, 0) is 6.54 Å². The molecule has 4 rings (SSSR count). The van der Waals surface area contributed by atoms with Crippen LogP contribution in [0, 0.1) is 17.1 Å². The van der Waals surface area contributed by atoms with E-state index in [9.17, 15) is 9.18 Å². The van der Waals surface area contributed by atoms with Gasteiger partial charge < -0.3 is 15.4 Å². The van der Waals surface area contributed by atoms with Crippen molar-refractivity contribution < 1.29 is 13.9 Å². The molecule has 0 aliphatic carbocycles. The molecule has 7 nitrogen and oxygen atoms in total. The molecule has 162 valence electrons. The fourth-order valence-corrected chi connectivity index (χ4v) is 3.01. The molecule has 0 fully saturated rings. The minimum absolute atomic E-state index is 0.276. The van der Waals surface area contributed by atoms with Gasteiger partial charge >= 0.3 is 0 Å². The minimum Gasteiger partial charge on any atom is -0.439 e. The Bertz CT molecular complexity index is 1320. The lowest BCUT2D eigenvalue weighted by Crippen LogP contribution is -2.13. The molecule has 0 aliphatic rings. The molecule has 1 amide bonds. The van der Waals surface area contributed by atoms with Crippen LogP contribution in [0.25, 0.3) is 0 Å². The van der Waals surface area contributed by atoms with Gasteiger partial charge in [-0.15, -0.1) is 0 Å². The number of carbonyl (C=O) groups is 1. The van der Waals surface area contributed by atoms with Crippen molar-refractivity contribution in [3.8, 4) is 17.7 Å². The summed E-state index contributed by atoms with van der Waals surface area (Å²) in [5.41, 5.74) is 2.26. The van der Waals surface area contributed by atoms with Gasteiger partial charge in [0, 0.05) is 30.4 Å². The predicted octanol–water partition coefficient (Wildman–Crippen LogP) is 5.14. The minimum atomic E-state index is -0.403. The Morgan fingerprint density at radius 1 is 1.03 bits per heavy atom. The Morgan fingerprint density at radius 3 is 2.70 bits per heavy atom. The van der Waals surface area contributed by atoms with Gasteiger partial charge in [0.25, 0.3) is 5.91 Å². The number of nitrogens with one attached hydrogen (secondary N) is 2. The molecule has 2 aromatic heterocycles. The molecule has 0 atom stereocenters. The maximum absolute atomic E-state index is 13.3. The van der Waals surface area contributed by atoms with E-state index >= 15 is 0 Å². The van der Waals surface area contributed by atoms with Gasteiger partial charge in [-0.05, 0) is 48.0 Å². The number of aromatic nitrogens is 2. The summed E-state index contributed by atoms with van der Waals surface area (Å²) in [6, 6.07) is 21.6. The van der Waals surface area contributed by atoms with E-state index in [0.717, 1.165) is 5.56 Å². The fourth-order valence-electron chi connectivity index (χ4n) is 3.01. The number of amides is 1. The van der Waals surface area contributed by atoms with E-state index in [1.165, 1.54) is 18.3 Å². The maximum atomic E-state index is 13.3. The largest absolute Gasteiger partial charge is 0.439 e. The van der Waals surface area contributed by atoms with Crippen LogP contribution in [0.1, 0.15) is 21.5 Å². The fraction of sp³-hybridized carbons (Fsp3) is 0.0400. The van der Waals surface area contributed by atoms with Gasteiger partial charge in [-0.2, -0.15) is 5.26 Å². The average Bonchev–Trinajstić information content (AvgIpc) is 2.84. The molecule has 33 heavy (non-hydrogen) atoms. The van der Waals surface area contributed by atoms with Crippen LogP contribution in [0.5, 0.6) is 11.6 Å². The lowest BCUT2D eigenvalue weighted by atomic mass is 10.1. The lowest BCUT2D eigenvalue weighted by molar-refractivity contribution is 0.102. The highest BCUT2D eigenvalue weighted by atomic mass is 19.1. The zero-order chi connectivity index (χ0) is 23.0. The SMILES string of the molecule is N#Cc1cccnc1NCc1cccc(C(=O)Nc2ccc(Oc3cccc(F)c3)nc2)c1. The van der Waals surface area contributed by atoms with E-state index in [2.05, 4.69) is 26.7 Å². The van der Waals surface area contributed by atoms with Gasteiger partial charge in [0.15, 0.2) is 0 Å². The van der Waals surface area contributed by atoms with Crippen molar-refractivity contribution in [2.75, 3.05) is 10.6 Å². The van der Waals surface area contributed by atoms with Gasteiger partial charge in [-0.3, -0.25) is 4.79 Å². The predicted molar refractivity (Wildman–Crippen MR) is 121 cm³/mol. The van der Waals surface area contributed by atoms with E-state index in [-0.39, 0.29) is 11.8 Å². The van der Waals surface area contributed by atoms with Crippen LogP contribution in [0.4, 0.5) is 15.9 Å². The van der Waals surface area contributed by atoms with E-state index in [4.69, 9.17) is 10.00 Å². The quantitative estimate of drug-likeness (QED) is 0.413. The van der Waals surface area contributed by atoms with Crippen molar-refractivity contribution in [3.63, 3.8) is 0 Å². The van der Waals surface area contributed by atoms with E-state index in [1.54, 1.807) is 60.8 Å². The number of hydrogen-bond acceptors (Lipinski definition) is 6. The zero-order valence-corrected chi connectivity index (χ0v) is 17.3. The van der Waals surface area contributed by atoms with Crippen molar-refractivity contribution in [2.45, 2.75) is 6.54 Å². The highest BCUT2D eigenvalue weighted by molar-refractivity contribution is 6.04. The third-order valence-electron chi connectivity index (χ3n) is 4.59. The van der Waals surface area contributed by atoms with Crippen molar-refractivity contribution in [3.05, 3.63) is 108 Å². The monoisotopic (exact) mass is 439 g/mol. The van der Waals surface area contributed by atoms with Gasteiger partial charge in [-0.25, -0.2) is 14.4 Å². The number of hydrogen-bond donors (Lipinski definition) is 2. The zero-order valence-electron chi connectivity index (χ0n) is 17.3. The Kier molecular flexibility index (Phi) is 6.52. The number of ether oxygens (including phenoxy) is 1. The number of rotatable bonds is 7. The van der Waals surface area contributed by atoms with Crippen molar-refractivity contribution in [1.29, 1.82) is 5.26 Å². The molecule has 0 saturated heterocycles. The number of nitriles is 1. The molecular formula is C25H18FN5O2. The molecule has 0 radical (unpaired) electrons. The number of halogens is 1. The summed E-state index contributed by atoms with van der Waals surface area (Å²) in [5.74, 6) is 0.393. The summed E-state index contributed by atoms with van der Waals surface area (Å²) in [4.78, 5) is 21.0. The molecule has 0 unspecified atom stereocenters. The maximum Gasteiger partial charge on any atom is 0.255 e. The van der Waals surface area contributed by atoms with E-state index < -0.39 is 5.82 Å². The molecule has 2 N–H and O–H groups in total. The summed E-state index contributed by atoms with van der Waals surface area (Å²) in [6.45, 7) is 0.403. The molecule has 2 heterocycles. The molecule has 8 heteroatoms. The topological polar surface area (TPSA) is 99.9 Å². The Hall–Kier alpha value is -4.77. The first kappa shape index (κ1) is 21.5. The Labute approximate surface area is 189 Å². The first-order chi connectivity index (χ1) is 16.1. The van der Waals surface area contributed by atoms with Gasteiger partial charge in [0.05, 0.1) is 17.4 Å². The number of anilines is 2. The van der Waals surface area contributed by atoms with Gasteiger partial charge in [-0.1, -0.05) is 18.2 Å². The van der Waals surface area contributed by atoms with Crippen LogP contribution < -0.4 is 15.4 Å². The first-order valence-corrected chi connectivity index (χ1v) is 9.99. The highest BCUT2D eigenvalue weighted by Crippen LogP contribution is 2.21. The number of carbonyl (C=O) groups excluding carboxylic acids is 1. The molecule has 4 aromatic rings. The second kappa shape index (κ2) is 10.0. The second-order valence-electron chi connectivity index (χ2n) is 6.96. The van der Waals surface area contributed by atoms with Crippen LogP contribution in [0.2, 0.25) is 0 Å². The summed E-state index contributed by atoms with van der Waals surface area (Å²) in [7, 11) is 0. The molecular weight excluding hydrogens is 421 g/mol. The van der Waals surface area contributed by atoms with Crippen LogP contribution in [0.3, 0.4) is 0 Å². The van der Waals surface area contributed by atoms with Crippen molar-refractivity contribution >= 4 is 17.4 Å². The average molecular weight is 439 g/mol. The van der Waals surface area contributed by atoms with Crippen molar-refractivity contribution in [1.82, 2.24) is 9.97 Å². The van der Waals surface area contributed by atoms with Crippen LogP contribution in [-0.4, -0.2) is 15.9 Å². The third kappa shape index (κ3) is 5.68. The van der Waals surface area contributed by atoms with Gasteiger partial charge in [0.1, 0.15) is 23.5 Å². The summed E-state index contributed by atoms with van der Waals surface area (Å²) in [5, 5.41) is 15.1. The summed E-state index contributed by atoms with van der Waals surface area (Å²) < 4.78 is 18.8. The normalized spacial score (nSPS) is 10.2. The molecule has 0 spiro atoms. The van der Waals surface area contributed by atoms with Crippen LogP contribution >= 0.6 is 0 Å². The molecule has 0 bridgehead atoms. The van der Waals surface area contributed by atoms with Gasteiger partial charge in [0.2, 0.25) is 5.88 Å². The summed E-state index contributed by atoms with van der Waals surface area (Å²) in [6.07, 6.45) is 3.07. The van der Waals surface area contributed by atoms with E-state index in [1.807, 2.05) is 6.07 Å². The molecule has 0 saturated carbocycles. The Morgan fingerprint density at radius 2 is 1.91 bits per heavy atom.